The molecule has 2 rings (SSSR count). The van der Waals surface area contributed by atoms with Gasteiger partial charge >= 0.3 is 0 Å². The second-order valence-electron chi connectivity index (χ2n) is 4.92. The molecule has 7 heteroatoms. The summed E-state index contributed by atoms with van der Waals surface area (Å²) < 4.78 is 0. The lowest BCUT2D eigenvalue weighted by atomic mass is 10.2. The maximum atomic E-state index is 11.8. The maximum absolute atomic E-state index is 11.8. The van der Waals surface area contributed by atoms with Crippen molar-refractivity contribution in [1.29, 1.82) is 0 Å². The number of rotatable bonds is 5. The van der Waals surface area contributed by atoms with Crippen LogP contribution in [-0.4, -0.2) is 42.3 Å². The normalized spacial score (nSPS) is 15.6. The van der Waals surface area contributed by atoms with Gasteiger partial charge in [0.2, 0.25) is 17.7 Å². The molecule has 0 unspecified atom stereocenters. The van der Waals surface area contributed by atoms with Gasteiger partial charge in [0.25, 0.3) is 0 Å². The summed E-state index contributed by atoms with van der Waals surface area (Å²) in [5, 5.41) is 4.97. The fourth-order valence-corrected chi connectivity index (χ4v) is 2.14. The van der Waals surface area contributed by atoms with Gasteiger partial charge in [-0.2, -0.15) is 0 Å². The molecule has 1 aliphatic rings. The van der Waals surface area contributed by atoms with Gasteiger partial charge in [-0.05, 0) is 25.1 Å². The van der Waals surface area contributed by atoms with Gasteiger partial charge < -0.3 is 11.1 Å². The third-order valence-corrected chi connectivity index (χ3v) is 3.13. The Kier molecular flexibility index (Phi) is 4.89. The average molecular weight is 290 g/mol. The van der Waals surface area contributed by atoms with Crippen LogP contribution in [0.25, 0.3) is 0 Å². The van der Waals surface area contributed by atoms with Gasteiger partial charge in [0.1, 0.15) is 0 Å². The molecular formula is C14H18N4O3. The van der Waals surface area contributed by atoms with Crippen LogP contribution in [0.5, 0.6) is 0 Å². The fourth-order valence-electron chi connectivity index (χ4n) is 2.14. The Morgan fingerprint density at radius 2 is 1.90 bits per heavy atom. The lowest BCUT2D eigenvalue weighted by Gasteiger charge is -2.24. The molecule has 3 amide bonds. The number of nitrogens with zero attached hydrogens (tertiary/aromatic N) is 1. The number of amides is 3. The van der Waals surface area contributed by atoms with E-state index in [-0.39, 0.29) is 30.8 Å². The number of nitrogens with one attached hydrogen (secondary N) is 2. The van der Waals surface area contributed by atoms with E-state index in [4.69, 9.17) is 5.73 Å². The van der Waals surface area contributed by atoms with E-state index in [9.17, 15) is 14.4 Å². The number of nitrogen functional groups attached to an aromatic ring is 1. The van der Waals surface area contributed by atoms with Gasteiger partial charge in [0.15, 0.2) is 0 Å². The zero-order chi connectivity index (χ0) is 15.2. The SMILES string of the molecule is Nc1ccccc1NC(=O)CCCN1CC(=O)NC(=O)C1. The van der Waals surface area contributed by atoms with E-state index < -0.39 is 0 Å². The van der Waals surface area contributed by atoms with Crippen molar-refractivity contribution in [1.82, 2.24) is 10.2 Å². The van der Waals surface area contributed by atoms with Crippen molar-refractivity contribution >= 4 is 29.1 Å². The summed E-state index contributed by atoms with van der Waals surface area (Å²) in [6, 6.07) is 7.04. The number of benzene rings is 1. The van der Waals surface area contributed by atoms with Crippen molar-refractivity contribution in [2.24, 2.45) is 0 Å². The molecule has 21 heavy (non-hydrogen) atoms. The Morgan fingerprint density at radius 3 is 2.57 bits per heavy atom. The first-order valence-corrected chi connectivity index (χ1v) is 6.74. The summed E-state index contributed by atoms with van der Waals surface area (Å²) in [5.41, 5.74) is 6.85. The molecule has 0 bridgehead atoms. The summed E-state index contributed by atoms with van der Waals surface area (Å²) in [5.74, 6) is -0.735. The standard InChI is InChI=1S/C14H18N4O3/c15-10-4-1-2-5-11(10)16-12(19)6-3-7-18-8-13(20)17-14(21)9-18/h1-2,4-5H,3,6-9,15H2,(H,16,19)(H,17,20,21). The minimum Gasteiger partial charge on any atom is -0.397 e. The second-order valence-corrected chi connectivity index (χ2v) is 4.92. The van der Waals surface area contributed by atoms with Gasteiger partial charge in [0, 0.05) is 6.42 Å². The van der Waals surface area contributed by atoms with E-state index in [1.807, 2.05) is 0 Å². The number of hydrogen-bond donors (Lipinski definition) is 3. The molecule has 0 aliphatic carbocycles. The molecule has 1 aromatic carbocycles. The van der Waals surface area contributed by atoms with E-state index in [1.165, 1.54) is 0 Å². The highest BCUT2D eigenvalue weighted by Gasteiger charge is 2.21. The molecular weight excluding hydrogens is 272 g/mol. The molecule has 1 heterocycles. The van der Waals surface area contributed by atoms with Gasteiger partial charge in [-0.3, -0.25) is 24.6 Å². The number of nitrogens with two attached hydrogens (primary N) is 1. The Bertz CT molecular complexity index is 543. The third kappa shape index (κ3) is 4.57. The van der Waals surface area contributed by atoms with Gasteiger partial charge in [-0.1, -0.05) is 12.1 Å². The molecule has 0 spiro atoms. The van der Waals surface area contributed by atoms with E-state index in [2.05, 4.69) is 10.6 Å². The van der Waals surface area contributed by atoms with E-state index in [0.717, 1.165) is 0 Å². The highest BCUT2D eigenvalue weighted by Crippen LogP contribution is 2.16. The number of hydrogen-bond acceptors (Lipinski definition) is 5. The van der Waals surface area contributed by atoms with Crippen LogP contribution in [0.1, 0.15) is 12.8 Å². The Morgan fingerprint density at radius 1 is 1.24 bits per heavy atom. The monoisotopic (exact) mass is 290 g/mol. The second kappa shape index (κ2) is 6.85. The minimum atomic E-state index is -0.298. The summed E-state index contributed by atoms with van der Waals surface area (Å²) in [6.07, 6.45) is 0.875. The molecule has 1 aromatic rings. The summed E-state index contributed by atoms with van der Waals surface area (Å²) in [6.45, 7) is 0.912. The lowest BCUT2D eigenvalue weighted by Crippen LogP contribution is -2.51. The Hall–Kier alpha value is -2.41. The van der Waals surface area contributed by atoms with E-state index in [1.54, 1.807) is 29.2 Å². The molecule has 7 nitrogen and oxygen atoms in total. The van der Waals surface area contributed by atoms with Crippen LogP contribution in [0.2, 0.25) is 0 Å². The molecule has 4 N–H and O–H groups in total. The molecule has 0 saturated carbocycles. The van der Waals surface area contributed by atoms with Crippen molar-refractivity contribution in [3.05, 3.63) is 24.3 Å². The first-order valence-electron chi connectivity index (χ1n) is 6.74. The minimum absolute atomic E-state index is 0.138. The van der Waals surface area contributed by atoms with E-state index in [0.29, 0.717) is 30.8 Å². The van der Waals surface area contributed by atoms with Crippen LogP contribution in [-0.2, 0) is 14.4 Å². The molecule has 0 atom stereocenters. The molecule has 112 valence electrons. The predicted molar refractivity (Wildman–Crippen MR) is 78.3 cm³/mol. The average Bonchev–Trinajstić information content (AvgIpc) is 2.40. The van der Waals surface area contributed by atoms with Crippen LogP contribution in [0.4, 0.5) is 11.4 Å². The summed E-state index contributed by atoms with van der Waals surface area (Å²) >= 11 is 0. The number of carbonyl (C=O) groups is 3. The maximum Gasteiger partial charge on any atom is 0.240 e. The lowest BCUT2D eigenvalue weighted by molar-refractivity contribution is -0.136. The Balaban J connectivity index is 1.73. The van der Waals surface area contributed by atoms with Crippen LogP contribution in [0.3, 0.4) is 0 Å². The number of piperazine rings is 1. The molecule has 1 fully saturated rings. The first kappa shape index (κ1) is 15.0. The van der Waals surface area contributed by atoms with Crippen molar-refractivity contribution in [3.8, 4) is 0 Å². The van der Waals surface area contributed by atoms with Crippen LogP contribution >= 0.6 is 0 Å². The smallest absolute Gasteiger partial charge is 0.240 e. The number of imide groups is 1. The van der Waals surface area contributed by atoms with Gasteiger partial charge in [-0.15, -0.1) is 0 Å². The molecule has 0 aromatic heterocycles. The predicted octanol–water partition coefficient (Wildman–Crippen LogP) is -0.0541. The number of anilines is 2. The van der Waals surface area contributed by atoms with Gasteiger partial charge in [0.05, 0.1) is 24.5 Å². The van der Waals surface area contributed by atoms with Crippen molar-refractivity contribution in [2.75, 3.05) is 30.7 Å². The zero-order valence-electron chi connectivity index (χ0n) is 11.6. The van der Waals surface area contributed by atoms with Crippen molar-refractivity contribution in [2.45, 2.75) is 12.8 Å². The van der Waals surface area contributed by atoms with Crippen molar-refractivity contribution in [3.63, 3.8) is 0 Å². The largest absolute Gasteiger partial charge is 0.397 e. The summed E-state index contributed by atoms with van der Waals surface area (Å²) in [4.78, 5) is 35.9. The molecule has 1 saturated heterocycles. The fraction of sp³-hybridized carbons (Fsp3) is 0.357. The van der Waals surface area contributed by atoms with Crippen molar-refractivity contribution < 1.29 is 14.4 Å². The van der Waals surface area contributed by atoms with Crippen LogP contribution < -0.4 is 16.4 Å². The third-order valence-electron chi connectivity index (χ3n) is 3.13. The summed E-state index contributed by atoms with van der Waals surface area (Å²) in [7, 11) is 0. The first-order chi connectivity index (χ1) is 10.0. The molecule has 1 aliphatic heterocycles. The van der Waals surface area contributed by atoms with Gasteiger partial charge in [-0.25, -0.2) is 0 Å². The van der Waals surface area contributed by atoms with Crippen LogP contribution in [0.15, 0.2) is 24.3 Å². The number of carbonyl (C=O) groups excluding carboxylic acids is 3. The zero-order valence-corrected chi connectivity index (χ0v) is 11.6. The highest BCUT2D eigenvalue weighted by atomic mass is 16.2. The topological polar surface area (TPSA) is 105 Å². The van der Waals surface area contributed by atoms with E-state index >= 15 is 0 Å². The Labute approximate surface area is 122 Å². The highest BCUT2D eigenvalue weighted by molar-refractivity contribution is 5.99. The number of para-hydroxylation sites is 2. The molecule has 0 radical (unpaired) electrons. The quantitative estimate of drug-likeness (QED) is 0.521. The van der Waals surface area contributed by atoms with Crippen LogP contribution in [0, 0.1) is 0 Å².